The van der Waals surface area contributed by atoms with Crippen molar-refractivity contribution in [1.82, 2.24) is 4.98 Å². The number of aromatic carboxylic acids is 1. The zero-order chi connectivity index (χ0) is 11.0. The van der Waals surface area contributed by atoms with Gasteiger partial charge in [0.1, 0.15) is 5.75 Å². The Kier molecular flexibility index (Phi) is 2.04. The number of aryl methyl sites for hydroxylation is 1. The number of fused-ring (bicyclic) bond motifs is 1. The van der Waals surface area contributed by atoms with E-state index >= 15 is 0 Å². The molecule has 76 valence electrons. The number of nitrogens with zero attached hydrogens (tertiary/aromatic N) is 1. The van der Waals surface area contributed by atoms with Crippen LogP contribution in [0.15, 0.2) is 24.4 Å². The highest BCUT2D eigenvalue weighted by atomic mass is 16.4. The molecule has 0 spiro atoms. The van der Waals surface area contributed by atoms with E-state index in [2.05, 4.69) is 4.98 Å². The molecule has 0 saturated heterocycles. The summed E-state index contributed by atoms with van der Waals surface area (Å²) in [6, 6.07) is 4.69. The van der Waals surface area contributed by atoms with Gasteiger partial charge in [-0.25, -0.2) is 4.79 Å². The highest BCUT2D eigenvalue weighted by Crippen LogP contribution is 2.23. The van der Waals surface area contributed by atoms with Crippen LogP contribution >= 0.6 is 0 Å². The van der Waals surface area contributed by atoms with Crippen LogP contribution in [0.25, 0.3) is 10.9 Å². The van der Waals surface area contributed by atoms with Gasteiger partial charge < -0.3 is 10.2 Å². The predicted molar refractivity (Wildman–Crippen MR) is 55.1 cm³/mol. The normalized spacial score (nSPS) is 10.5. The molecule has 0 aliphatic heterocycles. The van der Waals surface area contributed by atoms with Gasteiger partial charge in [0.2, 0.25) is 0 Å². The first-order valence-corrected chi connectivity index (χ1v) is 4.41. The highest BCUT2D eigenvalue weighted by molar-refractivity contribution is 5.96. The quantitative estimate of drug-likeness (QED) is 0.743. The maximum Gasteiger partial charge on any atom is 0.337 e. The van der Waals surface area contributed by atoms with Gasteiger partial charge in [-0.3, -0.25) is 4.98 Å². The Balaban J connectivity index is 2.80. The summed E-state index contributed by atoms with van der Waals surface area (Å²) < 4.78 is 0. The van der Waals surface area contributed by atoms with Crippen molar-refractivity contribution in [1.29, 1.82) is 0 Å². The van der Waals surface area contributed by atoms with Gasteiger partial charge in [0, 0.05) is 17.6 Å². The van der Waals surface area contributed by atoms with E-state index in [1.165, 1.54) is 18.3 Å². The van der Waals surface area contributed by atoms with Gasteiger partial charge in [0.05, 0.1) is 11.1 Å². The number of rotatable bonds is 1. The lowest BCUT2D eigenvalue weighted by Crippen LogP contribution is -2.01. The molecule has 1 aromatic heterocycles. The van der Waals surface area contributed by atoms with Gasteiger partial charge in [0.25, 0.3) is 0 Å². The molecule has 0 amide bonds. The lowest BCUT2D eigenvalue weighted by atomic mass is 10.1. The molecule has 4 nitrogen and oxygen atoms in total. The zero-order valence-corrected chi connectivity index (χ0v) is 8.06. The molecule has 0 aliphatic carbocycles. The van der Waals surface area contributed by atoms with Crippen molar-refractivity contribution < 1.29 is 15.0 Å². The first-order valence-electron chi connectivity index (χ1n) is 4.41. The first kappa shape index (κ1) is 9.45. The maximum absolute atomic E-state index is 10.8. The van der Waals surface area contributed by atoms with Crippen molar-refractivity contribution >= 4 is 16.9 Å². The fraction of sp³-hybridized carbons (Fsp3) is 0.0909. The Labute approximate surface area is 85.8 Å². The third-order valence-electron chi connectivity index (χ3n) is 2.35. The second-order valence-corrected chi connectivity index (χ2v) is 3.30. The van der Waals surface area contributed by atoms with E-state index in [0.29, 0.717) is 11.1 Å². The molecule has 0 bridgehead atoms. The topological polar surface area (TPSA) is 70.4 Å². The number of aromatic hydroxyl groups is 1. The van der Waals surface area contributed by atoms with Gasteiger partial charge in [0.15, 0.2) is 0 Å². The minimum Gasteiger partial charge on any atom is -0.508 e. The number of carboxylic acids is 1. The molecule has 2 N–H and O–H groups in total. The Bertz CT molecular complexity index is 549. The second-order valence-electron chi connectivity index (χ2n) is 3.30. The van der Waals surface area contributed by atoms with Crippen molar-refractivity contribution in [3.05, 3.63) is 35.5 Å². The number of hydrogen-bond acceptors (Lipinski definition) is 3. The smallest absolute Gasteiger partial charge is 0.337 e. The van der Waals surface area contributed by atoms with Gasteiger partial charge >= 0.3 is 5.97 Å². The van der Waals surface area contributed by atoms with Crippen molar-refractivity contribution in [3.8, 4) is 5.75 Å². The first-order chi connectivity index (χ1) is 7.09. The average molecular weight is 203 g/mol. The lowest BCUT2D eigenvalue weighted by molar-refractivity contribution is 0.0696. The number of phenolic OH excluding ortho intramolecular Hbond substituents is 1. The number of aromatic nitrogens is 1. The van der Waals surface area contributed by atoms with Crippen LogP contribution in [0.4, 0.5) is 0 Å². The monoisotopic (exact) mass is 203 g/mol. The van der Waals surface area contributed by atoms with E-state index in [4.69, 9.17) is 5.11 Å². The predicted octanol–water partition coefficient (Wildman–Crippen LogP) is 1.95. The molecule has 0 fully saturated rings. The van der Waals surface area contributed by atoms with Gasteiger partial charge in [-0.15, -0.1) is 0 Å². The van der Waals surface area contributed by atoms with Crippen LogP contribution in [-0.4, -0.2) is 21.2 Å². The SMILES string of the molecule is Cc1c(C(=O)O)cnc2cc(O)ccc12. The molecule has 2 rings (SSSR count). The molecular weight excluding hydrogens is 194 g/mol. The fourth-order valence-corrected chi connectivity index (χ4v) is 1.54. The zero-order valence-electron chi connectivity index (χ0n) is 8.06. The minimum atomic E-state index is -0.991. The van der Waals surface area contributed by atoms with E-state index in [9.17, 15) is 9.90 Å². The summed E-state index contributed by atoms with van der Waals surface area (Å²) in [5.74, 6) is -0.868. The third-order valence-corrected chi connectivity index (χ3v) is 2.35. The fourth-order valence-electron chi connectivity index (χ4n) is 1.54. The summed E-state index contributed by atoms with van der Waals surface area (Å²) >= 11 is 0. The van der Waals surface area contributed by atoms with E-state index in [0.717, 1.165) is 5.39 Å². The molecular formula is C11H9NO3. The van der Waals surface area contributed by atoms with Gasteiger partial charge in [-0.2, -0.15) is 0 Å². The van der Waals surface area contributed by atoms with Crippen LogP contribution in [0.5, 0.6) is 5.75 Å². The van der Waals surface area contributed by atoms with Crippen LogP contribution in [0.3, 0.4) is 0 Å². The number of phenols is 1. The van der Waals surface area contributed by atoms with Crippen LogP contribution in [0, 0.1) is 6.92 Å². The number of pyridine rings is 1. The summed E-state index contributed by atoms with van der Waals surface area (Å²) in [7, 11) is 0. The van der Waals surface area contributed by atoms with Crippen LogP contribution < -0.4 is 0 Å². The van der Waals surface area contributed by atoms with E-state index < -0.39 is 5.97 Å². The Morgan fingerprint density at radius 3 is 2.80 bits per heavy atom. The number of carboxylic acid groups (broad SMARTS) is 1. The van der Waals surface area contributed by atoms with Crippen molar-refractivity contribution in [2.45, 2.75) is 6.92 Å². The molecule has 0 atom stereocenters. The number of carbonyl (C=O) groups is 1. The third kappa shape index (κ3) is 1.50. The molecule has 15 heavy (non-hydrogen) atoms. The van der Waals surface area contributed by atoms with Gasteiger partial charge in [-0.1, -0.05) is 0 Å². The van der Waals surface area contributed by atoms with Crippen molar-refractivity contribution in [3.63, 3.8) is 0 Å². The summed E-state index contributed by atoms with van der Waals surface area (Å²) in [4.78, 5) is 14.8. The van der Waals surface area contributed by atoms with Crippen LogP contribution in [0.2, 0.25) is 0 Å². The van der Waals surface area contributed by atoms with E-state index in [1.54, 1.807) is 13.0 Å². The highest BCUT2D eigenvalue weighted by Gasteiger charge is 2.10. The molecule has 1 aromatic carbocycles. The van der Waals surface area contributed by atoms with Crippen LogP contribution in [-0.2, 0) is 0 Å². The average Bonchev–Trinajstić information content (AvgIpc) is 2.17. The molecule has 0 saturated carbocycles. The summed E-state index contributed by atoms with van der Waals surface area (Å²) in [5, 5.41) is 18.9. The van der Waals surface area contributed by atoms with Crippen molar-refractivity contribution in [2.75, 3.05) is 0 Å². The summed E-state index contributed by atoms with van der Waals surface area (Å²) in [6.07, 6.45) is 1.31. The summed E-state index contributed by atoms with van der Waals surface area (Å²) in [6.45, 7) is 1.73. The van der Waals surface area contributed by atoms with Crippen molar-refractivity contribution in [2.24, 2.45) is 0 Å². The molecule has 1 heterocycles. The lowest BCUT2D eigenvalue weighted by Gasteiger charge is -2.05. The largest absolute Gasteiger partial charge is 0.508 e. The van der Waals surface area contributed by atoms with E-state index in [1.807, 2.05) is 0 Å². The second kappa shape index (κ2) is 3.24. The molecule has 0 aliphatic rings. The Morgan fingerprint density at radius 2 is 2.13 bits per heavy atom. The Hall–Kier alpha value is -2.10. The molecule has 4 heteroatoms. The summed E-state index contributed by atoms with van der Waals surface area (Å²) in [5.41, 5.74) is 1.44. The Morgan fingerprint density at radius 1 is 1.40 bits per heavy atom. The van der Waals surface area contributed by atoms with Gasteiger partial charge in [-0.05, 0) is 24.6 Å². The molecule has 0 unspecified atom stereocenters. The molecule has 0 radical (unpaired) electrons. The van der Waals surface area contributed by atoms with Crippen LogP contribution in [0.1, 0.15) is 15.9 Å². The molecule has 2 aromatic rings. The number of benzene rings is 1. The van der Waals surface area contributed by atoms with E-state index in [-0.39, 0.29) is 11.3 Å². The minimum absolute atomic E-state index is 0.123. The maximum atomic E-state index is 10.8. The number of hydrogen-bond donors (Lipinski definition) is 2. The standard InChI is InChI=1S/C11H9NO3/c1-6-8-3-2-7(13)4-10(8)12-5-9(6)11(14)15/h2-5,13H,1H3,(H,14,15).